The second-order valence-corrected chi connectivity index (χ2v) is 5.27. The van der Waals surface area contributed by atoms with Crippen molar-refractivity contribution in [3.8, 4) is 5.75 Å². The van der Waals surface area contributed by atoms with E-state index in [-0.39, 0.29) is 5.75 Å². The summed E-state index contributed by atoms with van der Waals surface area (Å²) >= 11 is 0. The molecule has 0 aliphatic rings. The van der Waals surface area contributed by atoms with Gasteiger partial charge in [0, 0.05) is 11.1 Å². The predicted molar refractivity (Wildman–Crippen MR) is 93.8 cm³/mol. The molecule has 23 heavy (non-hydrogen) atoms. The van der Waals surface area contributed by atoms with Crippen LogP contribution in [0.4, 0.5) is 0 Å². The zero-order valence-electron chi connectivity index (χ0n) is 13.8. The zero-order chi connectivity index (χ0) is 16.5. The summed E-state index contributed by atoms with van der Waals surface area (Å²) in [5.74, 6) is 1.59. The van der Waals surface area contributed by atoms with Crippen LogP contribution in [0.5, 0.6) is 5.75 Å². The summed E-state index contributed by atoms with van der Waals surface area (Å²) in [5, 5.41) is 9.80. The fourth-order valence-corrected chi connectivity index (χ4v) is 2.20. The Hall–Kier alpha value is -2.42. The number of aromatic hydroxyl groups is 1. The topological polar surface area (TPSA) is 38.7 Å². The molecule has 0 spiro atoms. The maximum absolute atomic E-state index is 9.80. The number of hydrogen-bond acceptors (Lipinski definition) is 3. The standard InChI is InChI=1S/C20H24O3/c1-3-13-22-19(16-9-6-5-7-10-16)20(23-14-4-2)17-11-8-12-18(21)15-17/h5-12,15,21H,3-4,13-14H2,1-2H3. The van der Waals surface area contributed by atoms with E-state index in [0.29, 0.717) is 24.7 Å². The van der Waals surface area contributed by atoms with Gasteiger partial charge in [-0.3, -0.25) is 0 Å². The number of rotatable bonds is 8. The molecule has 0 fully saturated rings. The summed E-state index contributed by atoms with van der Waals surface area (Å²) in [5.41, 5.74) is 1.78. The van der Waals surface area contributed by atoms with Gasteiger partial charge < -0.3 is 14.6 Å². The van der Waals surface area contributed by atoms with Crippen LogP contribution in [-0.4, -0.2) is 18.3 Å². The number of ether oxygens (including phenoxy) is 2. The van der Waals surface area contributed by atoms with E-state index >= 15 is 0 Å². The second-order valence-electron chi connectivity index (χ2n) is 5.27. The minimum absolute atomic E-state index is 0.211. The van der Waals surface area contributed by atoms with E-state index in [1.807, 2.05) is 42.5 Å². The van der Waals surface area contributed by atoms with Crippen LogP contribution in [-0.2, 0) is 9.47 Å². The predicted octanol–water partition coefficient (Wildman–Crippen LogP) is 5.07. The maximum atomic E-state index is 9.80. The van der Waals surface area contributed by atoms with Crippen LogP contribution in [0, 0.1) is 0 Å². The highest BCUT2D eigenvalue weighted by atomic mass is 16.5. The average molecular weight is 312 g/mol. The van der Waals surface area contributed by atoms with Crippen molar-refractivity contribution in [1.82, 2.24) is 0 Å². The quantitative estimate of drug-likeness (QED) is 0.546. The second kappa shape index (κ2) is 8.89. The van der Waals surface area contributed by atoms with Crippen LogP contribution in [0.15, 0.2) is 54.6 Å². The van der Waals surface area contributed by atoms with Gasteiger partial charge in [-0.1, -0.05) is 56.3 Å². The van der Waals surface area contributed by atoms with E-state index in [2.05, 4.69) is 13.8 Å². The molecule has 0 saturated heterocycles. The van der Waals surface area contributed by atoms with E-state index in [1.165, 1.54) is 0 Å². The molecule has 0 aliphatic heterocycles. The third kappa shape index (κ3) is 4.78. The molecule has 0 unspecified atom stereocenters. The van der Waals surface area contributed by atoms with Crippen molar-refractivity contribution in [2.24, 2.45) is 0 Å². The Balaban J connectivity index is 2.53. The van der Waals surface area contributed by atoms with Crippen LogP contribution in [0.25, 0.3) is 11.5 Å². The molecule has 0 aliphatic carbocycles. The first kappa shape index (κ1) is 16.9. The molecule has 2 aromatic carbocycles. The number of benzene rings is 2. The van der Waals surface area contributed by atoms with Crippen LogP contribution < -0.4 is 0 Å². The first-order chi connectivity index (χ1) is 11.3. The Kier molecular flexibility index (Phi) is 6.55. The maximum Gasteiger partial charge on any atom is 0.169 e. The summed E-state index contributed by atoms with van der Waals surface area (Å²) in [7, 11) is 0. The largest absolute Gasteiger partial charge is 0.508 e. The summed E-state index contributed by atoms with van der Waals surface area (Å²) in [6.45, 7) is 5.34. The van der Waals surface area contributed by atoms with E-state index in [4.69, 9.17) is 9.47 Å². The Bertz CT molecular complexity index is 632. The Labute approximate surface area is 138 Å². The third-order valence-corrected chi connectivity index (χ3v) is 3.25. The molecule has 3 heteroatoms. The van der Waals surface area contributed by atoms with Crippen LogP contribution in [0.1, 0.15) is 37.8 Å². The molecule has 2 aromatic rings. The normalized spacial score (nSPS) is 11.7. The minimum Gasteiger partial charge on any atom is -0.508 e. The smallest absolute Gasteiger partial charge is 0.169 e. The van der Waals surface area contributed by atoms with Crippen molar-refractivity contribution in [3.63, 3.8) is 0 Å². The number of phenolic OH excluding ortho intramolecular Hbond substituents is 1. The molecule has 0 heterocycles. The summed E-state index contributed by atoms with van der Waals surface area (Å²) in [6, 6.07) is 17.0. The van der Waals surface area contributed by atoms with Gasteiger partial charge in [0.25, 0.3) is 0 Å². The Morgan fingerprint density at radius 2 is 1.35 bits per heavy atom. The Morgan fingerprint density at radius 3 is 1.91 bits per heavy atom. The van der Waals surface area contributed by atoms with Crippen LogP contribution >= 0.6 is 0 Å². The highest BCUT2D eigenvalue weighted by Crippen LogP contribution is 2.30. The van der Waals surface area contributed by atoms with E-state index in [0.717, 1.165) is 24.0 Å². The van der Waals surface area contributed by atoms with Crippen molar-refractivity contribution in [2.45, 2.75) is 26.7 Å². The van der Waals surface area contributed by atoms with Gasteiger partial charge in [-0.05, 0) is 25.0 Å². The Morgan fingerprint density at radius 1 is 0.783 bits per heavy atom. The monoisotopic (exact) mass is 312 g/mol. The van der Waals surface area contributed by atoms with E-state index < -0.39 is 0 Å². The average Bonchev–Trinajstić information content (AvgIpc) is 2.58. The lowest BCUT2D eigenvalue weighted by Crippen LogP contribution is -2.03. The van der Waals surface area contributed by atoms with Crippen molar-refractivity contribution >= 4 is 11.5 Å². The van der Waals surface area contributed by atoms with Gasteiger partial charge in [-0.25, -0.2) is 0 Å². The van der Waals surface area contributed by atoms with E-state index in [9.17, 15) is 5.11 Å². The fraction of sp³-hybridized carbons (Fsp3) is 0.300. The molecule has 0 radical (unpaired) electrons. The highest BCUT2D eigenvalue weighted by Gasteiger charge is 2.15. The molecule has 2 rings (SSSR count). The van der Waals surface area contributed by atoms with Gasteiger partial charge >= 0.3 is 0 Å². The molecule has 0 amide bonds. The van der Waals surface area contributed by atoms with Gasteiger partial charge in [-0.2, -0.15) is 0 Å². The zero-order valence-corrected chi connectivity index (χ0v) is 13.8. The van der Waals surface area contributed by atoms with Crippen molar-refractivity contribution in [3.05, 3.63) is 65.7 Å². The molecule has 0 saturated carbocycles. The van der Waals surface area contributed by atoms with Gasteiger partial charge in [0.15, 0.2) is 11.5 Å². The number of hydrogen-bond donors (Lipinski definition) is 1. The van der Waals surface area contributed by atoms with Crippen LogP contribution in [0.2, 0.25) is 0 Å². The van der Waals surface area contributed by atoms with Gasteiger partial charge in [0.2, 0.25) is 0 Å². The van der Waals surface area contributed by atoms with Crippen LogP contribution in [0.3, 0.4) is 0 Å². The SMILES string of the molecule is CCCOC(=C(OCCC)c1cccc(O)c1)c1ccccc1. The molecule has 0 aromatic heterocycles. The fourth-order valence-electron chi connectivity index (χ4n) is 2.20. The first-order valence-corrected chi connectivity index (χ1v) is 8.11. The van der Waals surface area contributed by atoms with Gasteiger partial charge in [-0.15, -0.1) is 0 Å². The van der Waals surface area contributed by atoms with Gasteiger partial charge in [0.05, 0.1) is 13.2 Å². The third-order valence-electron chi connectivity index (χ3n) is 3.25. The lowest BCUT2D eigenvalue weighted by atomic mass is 10.1. The lowest BCUT2D eigenvalue weighted by Gasteiger charge is -2.18. The lowest BCUT2D eigenvalue weighted by molar-refractivity contribution is 0.242. The molecule has 0 atom stereocenters. The molecular formula is C20H24O3. The molecule has 1 N–H and O–H groups in total. The van der Waals surface area contributed by atoms with Crippen molar-refractivity contribution in [1.29, 1.82) is 0 Å². The van der Waals surface area contributed by atoms with Crippen molar-refractivity contribution in [2.75, 3.05) is 13.2 Å². The summed E-state index contributed by atoms with van der Waals surface area (Å²) < 4.78 is 12.0. The number of phenols is 1. The summed E-state index contributed by atoms with van der Waals surface area (Å²) in [4.78, 5) is 0. The molecule has 0 bridgehead atoms. The highest BCUT2D eigenvalue weighted by molar-refractivity contribution is 5.84. The molecule has 122 valence electrons. The minimum atomic E-state index is 0.211. The van der Waals surface area contributed by atoms with Crippen molar-refractivity contribution < 1.29 is 14.6 Å². The molecular weight excluding hydrogens is 288 g/mol. The summed E-state index contributed by atoms with van der Waals surface area (Å²) in [6.07, 6.45) is 1.82. The van der Waals surface area contributed by atoms with E-state index in [1.54, 1.807) is 12.1 Å². The van der Waals surface area contributed by atoms with Gasteiger partial charge in [0.1, 0.15) is 5.75 Å². The first-order valence-electron chi connectivity index (χ1n) is 8.11. The molecule has 3 nitrogen and oxygen atoms in total.